The highest BCUT2D eigenvalue weighted by Crippen LogP contribution is 2.22. The van der Waals surface area contributed by atoms with Gasteiger partial charge in [0.15, 0.2) is 5.76 Å². The van der Waals surface area contributed by atoms with Crippen molar-refractivity contribution in [2.45, 2.75) is 13.0 Å². The fourth-order valence-electron chi connectivity index (χ4n) is 4.74. The Morgan fingerprint density at radius 3 is 2.67 bits per heavy atom. The lowest BCUT2D eigenvalue weighted by atomic mass is 10.1. The molecule has 4 heterocycles. The van der Waals surface area contributed by atoms with Gasteiger partial charge in [0.05, 0.1) is 12.0 Å². The number of carbonyl (C=O) groups excluding carboxylic acids is 1. The van der Waals surface area contributed by atoms with Gasteiger partial charge in [-0.2, -0.15) is 19.5 Å². The van der Waals surface area contributed by atoms with Crippen LogP contribution in [0.4, 0.5) is 22.0 Å². The van der Waals surface area contributed by atoms with Gasteiger partial charge in [0.2, 0.25) is 17.7 Å². The third kappa shape index (κ3) is 6.29. The third-order valence-electron chi connectivity index (χ3n) is 6.63. The zero-order chi connectivity index (χ0) is 28.2. The Labute approximate surface area is 231 Å². The van der Waals surface area contributed by atoms with Gasteiger partial charge in [0.1, 0.15) is 5.82 Å². The van der Waals surface area contributed by atoms with Crippen LogP contribution in [0.15, 0.2) is 41.0 Å². The molecule has 0 spiro atoms. The Morgan fingerprint density at radius 1 is 1.18 bits per heavy atom. The molecule has 40 heavy (non-hydrogen) atoms. The first-order chi connectivity index (χ1) is 19.3. The molecule has 1 atom stereocenters. The molecular weight excluding hydrogens is 517 g/mol. The molecule has 3 aromatic heterocycles. The second kappa shape index (κ2) is 11.8. The van der Waals surface area contributed by atoms with E-state index in [1.54, 1.807) is 30.5 Å². The van der Waals surface area contributed by atoms with Crippen LogP contribution >= 0.6 is 0 Å². The number of nitrogens with two attached hydrogens (primary N) is 1. The molecule has 4 N–H and O–H groups in total. The van der Waals surface area contributed by atoms with Crippen molar-refractivity contribution in [1.82, 2.24) is 39.7 Å². The maximum Gasteiger partial charge on any atom is 0.259 e. The van der Waals surface area contributed by atoms with Crippen molar-refractivity contribution in [3.8, 4) is 11.6 Å². The van der Waals surface area contributed by atoms with Crippen LogP contribution < -0.4 is 21.3 Å². The number of furan rings is 1. The van der Waals surface area contributed by atoms with Crippen molar-refractivity contribution in [2.24, 2.45) is 0 Å². The van der Waals surface area contributed by atoms with Gasteiger partial charge in [-0.1, -0.05) is 0 Å². The number of fused-ring (bicyclic) bond motifs is 1. The molecular formula is C26H34FN11O2. The van der Waals surface area contributed by atoms with Crippen LogP contribution in [0.3, 0.4) is 0 Å². The molecule has 1 amide bonds. The molecule has 4 aromatic rings. The van der Waals surface area contributed by atoms with Gasteiger partial charge in [0.25, 0.3) is 11.7 Å². The van der Waals surface area contributed by atoms with E-state index in [1.165, 1.54) is 10.6 Å². The summed E-state index contributed by atoms with van der Waals surface area (Å²) >= 11 is 0. The molecule has 1 aliphatic heterocycles. The highest BCUT2D eigenvalue weighted by atomic mass is 19.1. The number of benzene rings is 1. The summed E-state index contributed by atoms with van der Waals surface area (Å²) in [5, 5.41) is 10.4. The van der Waals surface area contributed by atoms with Crippen LogP contribution in [-0.2, 0) is 0 Å². The number of hydrogen-bond acceptors (Lipinski definition) is 11. The number of nitrogen functional groups attached to an aromatic ring is 1. The monoisotopic (exact) mass is 551 g/mol. The van der Waals surface area contributed by atoms with Crippen LogP contribution in [-0.4, -0.2) is 106 Å². The summed E-state index contributed by atoms with van der Waals surface area (Å²) < 4.78 is 21.7. The summed E-state index contributed by atoms with van der Waals surface area (Å²) in [6.45, 7) is 6.86. The maximum absolute atomic E-state index is 15.0. The minimum absolute atomic E-state index is 0.0393. The summed E-state index contributed by atoms with van der Waals surface area (Å²) in [7, 11) is 3.88. The Morgan fingerprint density at radius 2 is 1.98 bits per heavy atom. The number of likely N-dealkylation sites (N-methyl/N-ethyl adjacent to an activating group) is 1. The molecule has 0 saturated carbocycles. The van der Waals surface area contributed by atoms with Gasteiger partial charge in [-0.15, -0.1) is 5.10 Å². The maximum atomic E-state index is 15.0. The van der Waals surface area contributed by atoms with E-state index in [2.05, 4.69) is 35.6 Å². The fourth-order valence-corrected chi connectivity index (χ4v) is 4.74. The molecule has 0 radical (unpaired) electrons. The SMILES string of the molecule is CC(CN(C)C)NC(=O)c1ccc(N2CCN(CCNc3nc(N)n4nc(-c5ccco5)nc4n3)CC2)c(F)c1. The number of anilines is 3. The predicted octanol–water partition coefficient (Wildman–Crippen LogP) is 1.41. The number of carbonyl (C=O) groups is 1. The zero-order valence-corrected chi connectivity index (χ0v) is 22.8. The topological polar surface area (TPSA) is 146 Å². The first-order valence-corrected chi connectivity index (χ1v) is 13.2. The van der Waals surface area contributed by atoms with Crippen LogP contribution in [0.1, 0.15) is 17.3 Å². The van der Waals surface area contributed by atoms with Gasteiger partial charge >= 0.3 is 0 Å². The third-order valence-corrected chi connectivity index (χ3v) is 6.63. The summed E-state index contributed by atoms with van der Waals surface area (Å²) in [5.41, 5.74) is 6.88. The van der Waals surface area contributed by atoms with E-state index in [4.69, 9.17) is 10.2 Å². The minimum atomic E-state index is -0.392. The molecule has 1 fully saturated rings. The highest BCUT2D eigenvalue weighted by molar-refractivity contribution is 5.94. The zero-order valence-electron chi connectivity index (χ0n) is 22.8. The Hall–Kier alpha value is -4.30. The lowest BCUT2D eigenvalue weighted by Crippen LogP contribution is -2.48. The molecule has 0 bridgehead atoms. The Balaban J connectivity index is 1.11. The van der Waals surface area contributed by atoms with Crippen molar-refractivity contribution < 1.29 is 13.6 Å². The van der Waals surface area contributed by atoms with Crippen molar-refractivity contribution >= 4 is 29.3 Å². The van der Waals surface area contributed by atoms with Crippen molar-refractivity contribution in [1.29, 1.82) is 0 Å². The smallest absolute Gasteiger partial charge is 0.259 e. The van der Waals surface area contributed by atoms with Gasteiger partial charge in [-0.05, 0) is 51.4 Å². The normalized spacial score (nSPS) is 15.1. The van der Waals surface area contributed by atoms with Crippen molar-refractivity contribution in [2.75, 3.05) is 75.9 Å². The average molecular weight is 552 g/mol. The fraction of sp³-hybridized carbons (Fsp3) is 0.423. The van der Waals surface area contributed by atoms with E-state index in [-0.39, 0.29) is 17.9 Å². The molecule has 14 heteroatoms. The molecule has 1 aliphatic rings. The predicted molar refractivity (Wildman–Crippen MR) is 150 cm³/mol. The standard InChI is InChI=1S/C26H34FN11O2/c1-17(16-35(2)3)30-23(39)18-6-7-20(19(27)15-18)37-12-10-36(11-13-37)9-8-29-25-32-24(28)38-26(33-25)31-22(34-38)21-5-4-14-40-21/h4-7,14-15,17H,8-13,16H2,1-3H3,(H,30,39)(H3,28,29,31,32,33,34). The number of piperazine rings is 1. The van der Waals surface area contributed by atoms with Gasteiger partial charge < -0.3 is 30.6 Å². The van der Waals surface area contributed by atoms with Crippen LogP contribution in [0.5, 0.6) is 0 Å². The molecule has 5 rings (SSSR count). The van der Waals surface area contributed by atoms with Crippen LogP contribution in [0.2, 0.25) is 0 Å². The molecule has 212 valence electrons. The number of rotatable bonds is 10. The van der Waals surface area contributed by atoms with Crippen molar-refractivity contribution in [3.63, 3.8) is 0 Å². The van der Waals surface area contributed by atoms with Crippen LogP contribution in [0.25, 0.3) is 17.4 Å². The van der Waals surface area contributed by atoms with Gasteiger partial charge in [-0.25, -0.2) is 4.39 Å². The van der Waals surface area contributed by atoms with Crippen molar-refractivity contribution in [3.05, 3.63) is 48.0 Å². The highest BCUT2D eigenvalue weighted by Gasteiger charge is 2.21. The number of aromatic nitrogens is 5. The summed E-state index contributed by atoms with van der Waals surface area (Å²) in [4.78, 5) is 31.8. The van der Waals surface area contributed by atoms with E-state index >= 15 is 0 Å². The molecule has 0 aliphatic carbocycles. The largest absolute Gasteiger partial charge is 0.461 e. The summed E-state index contributed by atoms with van der Waals surface area (Å²) in [5.74, 6) is 1.09. The minimum Gasteiger partial charge on any atom is -0.461 e. The number of nitrogens with zero attached hydrogens (tertiary/aromatic N) is 8. The molecule has 13 nitrogen and oxygen atoms in total. The number of amides is 1. The van der Waals surface area contributed by atoms with E-state index < -0.39 is 5.82 Å². The lowest BCUT2D eigenvalue weighted by Gasteiger charge is -2.36. The first-order valence-electron chi connectivity index (χ1n) is 13.2. The second-order valence-corrected chi connectivity index (χ2v) is 10.1. The number of hydrogen-bond donors (Lipinski definition) is 3. The first kappa shape index (κ1) is 27.3. The van der Waals surface area contributed by atoms with E-state index in [9.17, 15) is 9.18 Å². The van der Waals surface area contributed by atoms with E-state index in [0.717, 1.165) is 19.6 Å². The number of nitrogens with one attached hydrogen (secondary N) is 2. The lowest BCUT2D eigenvalue weighted by molar-refractivity contribution is 0.0934. The summed E-state index contributed by atoms with van der Waals surface area (Å²) in [6, 6.07) is 8.17. The average Bonchev–Trinajstić information content (AvgIpc) is 3.59. The Kier molecular flexibility index (Phi) is 8.07. The molecule has 1 aromatic carbocycles. The second-order valence-electron chi connectivity index (χ2n) is 10.1. The van der Waals surface area contributed by atoms with E-state index in [1.807, 2.05) is 30.8 Å². The van der Waals surface area contributed by atoms with Gasteiger partial charge in [0, 0.05) is 57.4 Å². The Bertz CT molecular complexity index is 1450. The molecule has 1 saturated heterocycles. The molecule has 1 unspecified atom stereocenters. The van der Waals surface area contributed by atoms with Crippen LogP contribution in [0, 0.1) is 5.82 Å². The summed E-state index contributed by atoms with van der Waals surface area (Å²) in [6.07, 6.45) is 1.55. The van der Waals surface area contributed by atoms with Gasteiger partial charge in [-0.3, -0.25) is 9.69 Å². The number of halogens is 1. The van der Waals surface area contributed by atoms with E-state index in [0.29, 0.717) is 60.7 Å². The quantitative estimate of drug-likeness (QED) is 0.263.